The third kappa shape index (κ3) is 7.45. The van der Waals surface area contributed by atoms with Crippen LogP contribution >= 0.6 is 0 Å². The number of hydrogen-bond donors (Lipinski definition) is 2. The summed E-state index contributed by atoms with van der Waals surface area (Å²) < 4.78 is 5.12. The molecule has 0 aromatic heterocycles. The SMILES string of the molecule is CCC(CC)CNC(=NC)NC1CCN(CCCOC)CC1. The summed E-state index contributed by atoms with van der Waals surface area (Å²) in [5.74, 6) is 1.70. The molecule has 22 heavy (non-hydrogen) atoms. The minimum Gasteiger partial charge on any atom is -0.385 e. The van der Waals surface area contributed by atoms with Crippen LogP contribution in [0.5, 0.6) is 0 Å². The highest BCUT2D eigenvalue weighted by Gasteiger charge is 2.19. The molecule has 0 aromatic carbocycles. The molecule has 0 aliphatic carbocycles. The molecule has 5 heteroatoms. The van der Waals surface area contributed by atoms with E-state index in [1.807, 2.05) is 7.05 Å². The maximum atomic E-state index is 5.12. The van der Waals surface area contributed by atoms with Crippen molar-refractivity contribution in [1.82, 2.24) is 15.5 Å². The van der Waals surface area contributed by atoms with Gasteiger partial charge < -0.3 is 20.3 Å². The molecule has 1 saturated heterocycles. The van der Waals surface area contributed by atoms with Gasteiger partial charge in [-0.2, -0.15) is 0 Å². The van der Waals surface area contributed by atoms with E-state index >= 15 is 0 Å². The van der Waals surface area contributed by atoms with E-state index in [0.29, 0.717) is 6.04 Å². The zero-order valence-corrected chi connectivity index (χ0v) is 15.0. The maximum absolute atomic E-state index is 5.12. The van der Waals surface area contributed by atoms with Crippen LogP contribution in [0.1, 0.15) is 46.0 Å². The Bertz CT molecular complexity index is 297. The van der Waals surface area contributed by atoms with Gasteiger partial charge in [-0.05, 0) is 25.2 Å². The highest BCUT2D eigenvalue weighted by atomic mass is 16.5. The molecule has 1 fully saturated rings. The fourth-order valence-corrected chi connectivity index (χ4v) is 2.94. The Hall–Kier alpha value is -0.810. The Morgan fingerprint density at radius 1 is 1.27 bits per heavy atom. The van der Waals surface area contributed by atoms with Gasteiger partial charge in [0, 0.05) is 53.0 Å². The minimum absolute atomic E-state index is 0.548. The van der Waals surface area contributed by atoms with Crippen LogP contribution in [-0.4, -0.2) is 63.8 Å². The molecule has 0 bridgehead atoms. The lowest BCUT2D eigenvalue weighted by atomic mass is 10.0. The van der Waals surface area contributed by atoms with Gasteiger partial charge in [-0.1, -0.05) is 26.7 Å². The highest BCUT2D eigenvalue weighted by molar-refractivity contribution is 5.79. The van der Waals surface area contributed by atoms with E-state index in [0.717, 1.165) is 38.0 Å². The van der Waals surface area contributed by atoms with Crippen LogP contribution in [-0.2, 0) is 4.74 Å². The Morgan fingerprint density at radius 3 is 2.50 bits per heavy atom. The molecule has 1 rings (SSSR count). The molecule has 0 amide bonds. The van der Waals surface area contributed by atoms with Gasteiger partial charge in [0.15, 0.2) is 5.96 Å². The number of guanidine groups is 1. The quantitative estimate of drug-likeness (QED) is 0.389. The number of nitrogens with one attached hydrogen (secondary N) is 2. The Morgan fingerprint density at radius 2 is 1.95 bits per heavy atom. The predicted octanol–water partition coefficient (Wildman–Crippen LogP) is 2.09. The lowest BCUT2D eigenvalue weighted by Gasteiger charge is -2.33. The van der Waals surface area contributed by atoms with Crippen molar-refractivity contribution in [3.8, 4) is 0 Å². The van der Waals surface area contributed by atoms with Crippen molar-refractivity contribution >= 4 is 5.96 Å². The Labute approximate surface area is 136 Å². The van der Waals surface area contributed by atoms with Crippen molar-refractivity contribution in [2.75, 3.05) is 46.9 Å². The van der Waals surface area contributed by atoms with E-state index < -0.39 is 0 Å². The Balaban J connectivity index is 2.23. The topological polar surface area (TPSA) is 48.9 Å². The normalized spacial score (nSPS) is 18.0. The summed E-state index contributed by atoms with van der Waals surface area (Å²) in [6.07, 6.45) is 5.96. The van der Waals surface area contributed by atoms with Gasteiger partial charge in [-0.3, -0.25) is 4.99 Å². The average Bonchev–Trinajstić information content (AvgIpc) is 2.56. The van der Waals surface area contributed by atoms with Crippen molar-refractivity contribution in [1.29, 1.82) is 0 Å². The summed E-state index contributed by atoms with van der Waals surface area (Å²) in [4.78, 5) is 6.91. The summed E-state index contributed by atoms with van der Waals surface area (Å²) in [6, 6.07) is 0.548. The van der Waals surface area contributed by atoms with Gasteiger partial charge in [0.05, 0.1) is 0 Å². The van der Waals surface area contributed by atoms with Crippen LogP contribution in [0.15, 0.2) is 4.99 Å². The summed E-state index contributed by atoms with van der Waals surface area (Å²) >= 11 is 0. The molecule has 0 saturated carbocycles. The lowest BCUT2D eigenvalue weighted by Crippen LogP contribution is -2.49. The molecule has 1 aliphatic rings. The zero-order chi connectivity index (χ0) is 16.2. The molecule has 5 nitrogen and oxygen atoms in total. The third-order valence-corrected chi connectivity index (χ3v) is 4.69. The number of piperidine rings is 1. The van der Waals surface area contributed by atoms with Gasteiger partial charge in [0.1, 0.15) is 0 Å². The van der Waals surface area contributed by atoms with Crippen LogP contribution in [0, 0.1) is 5.92 Å². The molecule has 1 aliphatic heterocycles. The molecule has 130 valence electrons. The van der Waals surface area contributed by atoms with Crippen LogP contribution < -0.4 is 10.6 Å². The van der Waals surface area contributed by atoms with E-state index in [4.69, 9.17) is 4.74 Å². The van der Waals surface area contributed by atoms with Crippen molar-refractivity contribution in [2.45, 2.75) is 52.0 Å². The van der Waals surface area contributed by atoms with Crippen molar-refractivity contribution < 1.29 is 4.74 Å². The zero-order valence-electron chi connectivity index (χ0n) is 15.0. The molecular formula is C17H36N4O. The highest BCUT2D eigenvalue weighted by Crippen LogP contribution is 2.11. The fraction of sp³-hybridized carbons (Fsp3) is 0.941. The second kappa shape index (κ2) is 11.7. The van der Waals surface area contributed by atoms with E-state index in [-0.39, 0.29) is 0 Å². The molecular weight excluding hydrogens is 276 g/mol. The number of methoxy groups -OCH3 is 1. The minimum atomic E-state index is 0.548. The molecule has 2 N–H and O–H groups in total. The van der Waals surface area contributed by atoms with Crippen molar-refractivity contribution in [3.05, 3.63) is 0 Å². The largest absolute Gasteiger partial charge is 0.385 e. The summed E-state index contributed by atoms with van der Waals surface area (Å²) in [6.45, 7) is 9.89. The van der Waals surface area contributed by atoms with Gasteiger partial charge in [-0.25, -0.2) is 0 Å². The lowest BCUT2D eigenvalue weighted by molar-refractivity contribution is 0.155. The molecule has 0 atom stereocenters. The van der Waals surface area contributed by atoms with Gasteiger partial charge in [0.25, 0.3) is 0 Å². The van der Waals surface area contributed by atoms with Crippen LogP contribution in [0.3, 0.4) is 0 Å². The smallest absolute Gasteiger partial charge is 0.191 e. The molecule has 1 heterocycles. The first-order valence-corrected chi connectivity index (χ1v) is 8.91. The summed E-state index contributed by atoms with van der Waals surface area (Å²) in [5, 5.41) is 7.07. The first-order chi connectivity index (χ1) is 10.7. The molecule has 0 spiro atoms. The van der Waals surface area contributed by atoms with E-state index in [1.165, 1.54) is 38.8 Å². The predicted molar refractivity (Wildman–Crippen MR) is 94.5 cm³/mol. The maximum Gasteiger partial charge on any atom is 0.191 e. The third-order valence-electron chi connectivity index (χ3n) is 4.69. The number of likely N-dealkylation sites (tertiary alicyclic amines) is 1. The van der Waals surface area contributed by atoms with Crippen molar-refractivity contribution in [2.24, 2.45) is 10.9 Å². The Kier molecular flexibility index (Phi) is 10.2. The summed E-state index contributed by atoms with van der Waals surface area (Å²) in [5.41, 5.74) is 0. The standard InChI is InChI=1S/C17H36N4O/c1-5-15(6-2)14-19-17(18-3)20-16-8-11-21(12-9-16)10-7-13-22-4/h15-16H,5-14H2,1-4H3,(H2,18,19,20). The van der Waals surface area contributed by atoms with Gasteiger partial charge in [-0.15, -0.1) is 0 Å². The average molecular weight is 313 g/mol. The van der Waals surface area contributed by atoms with Crippen LogP contribution in [0.4, 0.5) is 0 Å². The van der Waals surface area contributed by atoms with Crippen LogP contribution in [0.25, 0.3) is 0 Å². The number of hydrogen-bond acceptors (Lipinski definition) is 3. The number of aliphatic imine (C=N–C) groups is 1. The van der Waals surface area contributed by atoms with Crippen LogP contribution in [0.2, 0.25) is 0 Å². The van der Waals surface area contributed by atoms with Gasteiger partial charge in [0.2, 0.25) is 0 Å². The molecule has 0 aromatic rings. The second-order valence-electron chi connectivity index (χ2n) is 6.24. The van der Waals surface area contributed by atoms with Gasteiger partial charge >= 0.3 is 0 Å². The van der Waals surface area contributed by atoms with E-state index in [9.17, 15) is 0 Å². The summed E-state index contributed by atoms with van der Waals surface area (Å²) in [7, 11) is 3.64. The molecule has 0 unspecified atom stereocenters. The fourth-order valence-electron chi connectivity index (χ4n) is 2.94. The monoisotopic (exact) mass is 312 g/mol. The van der Waals surface area contributed by atoms with E-state index in [2.05, 4.69) is 34.4 Å². The number of ether oxygens (including phenoxy) is 1. The van der Waals surface area contributed by atoms with Crippen molar-refractivity contribution in [3.63, 3.8) is 0 Å². The number of nitrogens with zero attached hydrogens (tertiary/aromatic N) is 2. The number of rotatable bonds is 9. The first kappa shape index (κ1) is 19.2. The van der Waals surface area contributed by atoms with E-state index in [1.54, 1.807) is 7.11 Å². The molecule has 0 radical (unpaired) electrons. The second-order valence-corrected chi connectivity index (χ2v) is 6.24. The first-order valence-electron chi connectivity index (χ1n) is 8.91.